The Morgan fingerprint density at radius 3 is 2.26 bits per heavy atom. The number of fused-ring (bicyclic) bond motifs is 1. The maximum absolute atomic E-state index is 12.9. The van der Waals surface area contributed by atoms with Gasteiger partial charge in [-0.15, -0.1) is 0 Å². The minimum atomic E-state index is -1.78. The lowest BCUT2D eigenvalue weighted by molar-refractivity contribution is -0.277. The van der Waals surface area contributed by atoms with Crippen molar-refractivity contribution in [2.75, 3.05) is 13.2 Å². The van der Waals surface area contributed by atoms with Crippen LogP contribution in [0.2, 0.25) is 0 Å². The van der Waals surface area contributed by atoms with Crippen LogP contribution in [0.5, 0.6) is 17.2 Å². The van der Waals surface area contributed by atoms with E-state index < -0.39 is 79.2 Å². The zero-order chi connectivity index (χ0) is 30.3. The molecule has 42 heavy (non-hydrogen) atoms. The summed E-state index contributed by atoms with van der Waals surface area (Å²) in [5.74, 6) is -0.218. The van der Waals surface area contributed by atoms with Crippen LogP contribution in [0.15, 0.2) is 51.7 Å². The molecule has 2 fully saturated rings. The van der Waals surface area contributed by atoms with Crippen molar-refractivity contribution in [3.8, 4) is 28.6 Å². The molecule has 14 nitrogen and oxygen atoms in total. The standard InChI is InChI=1S/C28H32O14/c1-12-9-28(37,11-30)25(36)27(38-12)39-14-4-2-13(3-5-14)18-8-17(32)21-16(31)6-15(7-19(21)41-18)40-26-24(35)23(34)22(33)20(10-29)42-26/h2-8,12,20,22-27,29-31,33-37H,9-11H2,1H3/t12?,20?,22-,23?,24?,25-,26-,27+,28?/m1/s1. The minimum absolute atomic E-state index is 0.0231. The van der Waals surface area contributed by atoms with E-state index in [0.717, 1.165) is 6.07 Å². The van der Waals surface area contributed by atoms with Gasteiger partial charge in [0.1, 0.15) is 70.1 Å². The summed E-state index contributed by atoms with van der Waals surface area (Å²) in [4.78, 5) is 12.9. The van der Waals surface area contributed by atoms with Gasteiger partial charge in [-0.1, -0.05) is 0 Å². The molecule has 2 aromatic carbocycles. The molecule has 2 saturated heterocycles. The van der Waals surface area contributed by atoms with Crippen LogP contribution >= 0.6 is 0 Å². The van der Waals surface area contributed by atoms with Crippen LogP contribution in [0, 0.1) is 0 Å². The van der Waals surface area contributed by atoms with Gasteiger partial charge in [-0.2, -0.15) is 0 Å². The van der Waals surface area contributed by atoms with Crippen molar-refractivity contribution in [1.29, 1.82) is 0 Å². The molecular formula is C28H32O14. The summed E-state index contributed by atoms with van der Waals surface area (Å²) >= 11 is 0. The van der Waals surface area contributed by atoms with Crippen molar-refractivity contribution < 1.29 is 64.2 Å². The van der Waals surface area contributed by atoms with Gasteiger partial charge in [-0.05, 0) is 31.2 Å². The van der Waals surface area contributed by atoms with Crippen molar-refractivity contribution in [1.82, 2.24) is 0 Å². The van der Waals surface area contributed by atoms with E-state index in [-0.39, 0.29) is 34.6 Å². The first-order valence-corrected chi connectivity index (χ1v) is 13.2. The molecule has 3 heterocycles. The van der Waals surface area contributed by atoms with Gasteiger partial charge >= 0.3 is 0 Å². The van der Waals surface area contributed by atoms with Crippen molar-refractivity contribution in [2.24, 2.45) is 0 Å². The number of rotatable bonds is 7. The summed E-state index contributed by atoms with van der Waals surface area (Å²) in [6, 6.07) is 9.69. The molecule has 1 aromatic heterocycles. The molecule has 0 bridgehead atoms. The lowest BCUT2D eigenvalue weighted by atomic mass is 9.88. The third-order valence-electron chi connectivity index (χ3n) is 7.36. The topological polar surface area (TPSA) is 229 Å². The number of aliphatic hydroxyl groups is 7. The summed E-state index contributed by atoms with van der Waals surface area (Å²) in [6.07, 6.45) is -10.9. The summed E-state index contributed by atoms with van der Waals surface area (Å²) < 4.78 is 28.0. The van der Waals surface area contributed by atoms with E-state index >= 15 is 0 Å². The molecule has 9 atom stereocenters. The number of ether oxygens (including phenoxy) is 4. The minimum Gasteiger partial charge on any atom is -0.507 e. The van der Waals surface area contributed by atoms with Gasteiger partial charge in [0.2, 0.25) is 12.6 Å². The van der Waals surface area contributed by atoms with Gasteiger partial charge in [0, 0.05) is 30.2 Å². The zero-order valence-corrected chi connectivity index (χ0v) is 22.3. The van der Waals surface area contributed by atoms with Crippen molar-refractivity contribution in [3.05, 3.63) is 52.7 Å². The third kappa shape index (κ3) is 5.68. The molecule has 0 aliphatic carbocycles. The highest BCUT2D eigenvalue weighted by molar-refractivity contribution is 5.86. The Kier molecular flexibility index (Phi) is 8.44. The molecule has 5 unspecified atom stereocenters. The van der Waals surface area contributed by atoms with Crippen molar-refractivity contribution >= 4 is 11.0 Å². The molecule has 228 valence electrons. The summed E-state index contributed by atoms with van der Waals surface area (Å²) in [5, 5.41) is 80.4. The molecule has 3 aromatic rings. The summed E-state index contributed by atoms with van der Waals surface area (Å²) in [6.45, 7) is 0.340. The number of aliphatic hydroxyl groups excluding tert-OH is 6. The Bertz CT molecular complexity index is 1460. The average molecular weight is 593 g/mol. The van der Waals surface area contributed by atoms with Gasteiger partial charge in [-0.25, -0.2) is 0 Å². The van der Waals surface area contributed by atoms with Gasteiger partial charge < -0.3 is 64.2 Å². The highest BCUT2D eigenvalue weighted by Gasteiger charge is 2.48. The summed E-state index contributed by atoms with van der Waals surface area (Å²) in [5.41, 5.74) is -1.99. The van der Waals surface area contributed by atoms with Crippen LogP contribution in [0.1, 0.15) is 13.3 Å². The van der Waals surface area contributed by atoms with Crippen LogP contribution in [0.3, 0.4) is 0 Å². The second kappa shape index (κ2) is 11.8. The highest BCUT2D eigenvalue weighted by atomic mass is 16.7. The number of hydrogen-bond donors (Lipinski definition) is 8. The SMILES string of the molecule is CC1CC(O)(CO)[C@H](O)[C@H](Oc2ccc(-c3cc(=O)c4c(O)cc(O[C@@H]5OC(CO)[C@@H](O)C(O)C5O)cc4o3)cc2)O1. The molecule has 8 N–H and O–H groups in total. The number of benzene rings is 2. The molecule has 0 saturated carbocycles. The maximum Gasteiger partial charge on any atom is 0.229 e. The van der Waals surface area contributed by atoms with E-state index in [0.29, 0.717) is 5.56 Å². The largest absolute Gasteiger partial charge is 0.507 e. The van der Waals surface area contributed by atoms with Gasteiger partial charge in [0.05, 0.1) is 19.3 Å². The molecule has 0 spiro atoms. The zero-order valence-electron chi connectivity index (χ0n) is 22.3. The molecule has 14 heteroatoms. The number of phenols is 1. The smallest absolute Gasteiger partial charge is 0.229 e. The Hall–Kier alpha value is -3.31. The lowest BCUT2D eigenvalue weighted by Gasteiger charge is -2.42. The first-order valence-electron chi connectivity index (χ1n) is 13.2. The fourth-order valence-electron chi connectivity index (χ4n) is 5.06. The van der Waals surface area contributed by atoms with E-state index in [2.05, 4.69) is 0 Å². The quantitative estimate of drug-likeness (QED) is 0.164. The number of hydrogen-bond acceptors (Lipinski definition) is 14. The van der Waals surface area contributed by atoms with Crippen LogP contribution in [0.4, 0.5) is 0 Å². The molecule has 5 rings (SSSR count). The second-order valence-electron chi connectivity index (χ2n) is 10.5. The normalized spacial score (nSPS) is 33.4. The number of aromatic hydroxyl groups is 1. The van der Waals surface area contributed by atoms with Crippen LogP contribution < -0.4 is 14.9 Å². The van der Waals surface area contributed by atoms with Gasteiger partial charge in [0.25, 0.3) is 0 Å². The second-order valence-corrected chi connectivity index (χ2v) is 10.5. The lowest BCUT2D eigenvalue weighted by Crippen LogP contribution is -2.60. The predicted molar refractivity (Wildman–Crippen MR) is 142 cm³/mol. The fraction of sp³-hybridized carbons (Fsp3) is 0.464. The number of phenolic OH excluding ortho intramolecular Hbond substituents is 1. The monoisotopic (exact) mass is 592 g/mol. The molecule has 2 aliphatic heterocycles. The average Bonchev–Trinajstić information content (AvgIpc) is 2.96. The van der Waals surface area contributed by atoms with Gasteiger partial charge in [-0.3, -0.25) is 4.79 Å². The molecule has 0 radical (unpaired) electrons. The van der Waals surface area contributed by atoms with Gasteiger partial charge in [0.15, 0.2) is 5.43 Å². The Balaban J connectivity index is 1.38. The Morgan fingerprint density at radius 1 is 0.905 bits per heavy atom. The van der Waals surface area contributed by atoms with E-state index in [9.17, 15) is 45.6 Å². The highest BCUT2D eigenvalue weighted by Crippen LogP contribution is 2.34. The third-order valence-corrected chi connectivity index (χ3v) is 7.36. The molecule has 2 aliphatic rings. The Morgan fingerprint density at radius 2 is 1.60 bits per heavy atom. The van der Waals surface area contributed by atoms with E-state index in [4.69, 9.17) is 23.4 Å². The first kappa shape index (κ1) is 30.2. The molecule has 0 amide bonds. The fourth-order valence-corrected chi connectivity index (χ4v) is 5.06. The van der Waals surface area contributed by atoms with Crippen LogP contribution in [0.25, 0.3) is 22.3 Å². The Labute approximate surface area is 238 Å². The first-order chi connectivity index (χ1) is 19.9. The maximum atomic E-state index is 12.9. The van der Waals surface area contributed by atoms with Crippen LogP contribution in [-0.4, -0.2) is 109 Å². The summed E-state index contributed by atoms with van der Waals surface area (Å²) in [7, 11) is 0. The van der Waals surface area contributed by atoms with E-state index in [1.165, 1.54) is 24.3 Å². The van der Waals surface area contributed by atoms with Crippen molar-refractivity contribution in [2.45, 2.75) is 68.1 Å². The molecular weight excluding hydrogens is 560 g/mol. The van der Waals surface area contributed by atoms with Crippen LogP contribution in [-0.2, 0) is 9.47 Å². The van der Waals surface area contributed by atoms with E-state index in [1.54, 1.807) is 19.1 Å². The predicted octanol–water partition coefficient (Wildman–Crippen LogP) is -1.06. The van der Waals surface area contributed by atoms with Crippen molar-refractivity contribution in [3.63, 3.8) is 0 Å². The van der Waals surface area contributed by atoms with E-state index in [1.807, 2.05) is 0 Å².